The fraction of sp³-hybridized carbons (Fsp3) is 0.571. The number of nitrogens with two attached hydrogens (primary N) is 1. The number of aromatic nitrogens is 1. The van der Waals surface area contributed by atoms with Gasteiger partial charge in [0.25, 0.3) is 0 Å². The Kier molecular flexibility index (Phi) is 13.4. The molecule has 0 aromatic carbocycles. The molecule has 1 atom stereocenters. The van der Waals surface area contributed by atoms with Crippen LogP contribution in [0.5, 0.6) is 0 Å². The Labute approximate surface area is 139 Å². The van der Waals surface area contributed by atoms with Crippen LogP contribution in [0.25, 0.3) is 0 Å². The third-order valence-electron chi connectivity index (χ3n) is 2.72. The average Bonchev–Trinajstić information content (AvgIpc) is 2.38. The highest BCUT2D eigenvalue weighted by atomic mass is 35.5. The fourth-order valence-electron chi connectivity index (χ4n) is 1.55. The van der Waals surface area contributed by atoms with Crippen molar-refractivity contribution < 1.29 is 4.79 Å². The number of nitrogens with one attached hydrogen (secondary N) is 2. The molecule has 7 heteroatoms. The number of nitrogens with zero attached hydrogens (tertiary/aromatic N) is 1. The number of amides is 1. The smallest absolute Gasteiger partial charge is 0.220 e. The van der Waals surface area contributed by atoms with Crippen molar-refractivity contribution >= 4 is 36.5 Å². The van der Waals surface area contributed by atoms with Gasteiger partial charge in [0.15, 0.2) is 0 Å². The number of halogens is 2. The highest BCUT2D eigenvalue weighted by molar-refractivity contribution is 5.85. The van der Waals surface area contributed by atoms with Gasteiger partial charge in [-0.3, -0.25) is 4.79 Å². The van der Waals surface area contributed by atoms with Crippen molar-refractivity contribution in [1.29, 1.82) is 0 Å². The van der Waals surface area contributed by atoms with Crippen LogP contribution in [-0.2, 0) is 4.79 Å². The molecule has 0 saturated carbocycles. The summed E-state index contributed by atoms with van der Waals surface area (Å²) in [5.41, 5.74) is 6.74. The zero-order valence-corrected chi connectivity index (χ0v) is 14.2. The number of rotatable bonds is 8. The van der Waals surface area contributed by atoms with Gasteiger partial charge in [-0.2, -0.15) is 0 Å². The second-order valence-corrected chi connectivity index (χ2v) is 4.87. The third-order valence-corrected chi connectivity index (χ3v) is 2.72. The predicted octanol–water partition coefficient (Wildman–Crippen LogP) is 2.28. The van der Waals surface area contributed by atoms with Gasteiger partial charge >= 0.3 is 0 Å². The summed E-state index contributed by atoms with van der Waals surface area (Å²) in [6, 6.07) is 4.06. The van der Waals surface area contributed by atoms with E-state index in [1.54, 1.807) is 0 Å². The van der Waals surface area contributed by atoms with E-state index in [1.165, 1.54) is 0 Å². The lowest BCUT2D eigenvalue weighted by Crippen LogP contribution is -2.27. The van der Waals surface area contributed by atoms with Crippen molar-refractivity contribution in [2.45, 2.75) is 39.2 Å². The lowest BCUT2D eigenvalue weighted by molar-refractivity contribution is -0.121. The first-order valence-corrected chi connectivity index (χ1v) is 6.76. The molecule has 0 saturated heterocycles. The van der Waals surface area contributed by atoms with Crippen LogP contribution >= 0.6 is 24.8 Å². The van der Waals surface area contributed by atoms with Gasteiger partial charge in [0.2, 0.25) is 5.91 Å². The molecule has 0 aliphatic carbocycles. The third kappa shape index (κ3) is 11.3. The van der Waals surface area contributed by atoms with E-state index >= 15 is 0 Å². The van der Waals surface area contributed by atoms with Crippen molar-refractivity contribution in [3.8, 4) is 0 Å². The summed E-state index contributed by atoms with van der Waals surface area (Å²) in [5.74, 6) is 0.944. The van der Waals surface area contributed by atoms with Crippen LogP contribution in [-0.4, -0.2) is 30.0 Å². The van der Waals surface area contributed by atoms with Crippen molar-refractivity contribution in [3.05, 3.63) is 23.9 Å². The van der Waals surface area contributed by atoms with Gasteiger partial charge < -0.3 is 16.4 Å². The summed E-state index contributed by atoms with van der Waals surface area (Å²) in [6.07, 6.45) is 3.94. The molecule has 0 radical (unpaired) electrons. The minimum atomic E-state index is 0. The van der Waals surface area contributed by atoms with Gasteiger partial charge in [-0.25, -0.2) is 4.98 Å². The summed E-state index contributed by atoms with van der Waals surface area (Å²) in [4.78, 5) is 15.7. The molecule has 0 spiro atoms. The second-order valence-electron chi connectivity index (χ2n) is 4.87. The van der Waals surface area contributed by atoms with Crippen molar-refractivity contribution in [2.75, 3.05) is 18.4 Å². The highest BCUT2D eigenvalue weighted by Gasteiger charge is 2.02. The Bertz CT molecular complexity index is 385. The molecule has 0 aliphatic rings. The van der Waals surface area contributed by atoms with E-state index in [1.807, 2.05) is 32.2 Å². The molecule has 1 aromatic heterocycles. The van der Waals surface area contributed by atoms with Gasteiger partial charge in [-0.1, -0.05) is 6.07 Å². The first-order chi connectivity index (χ1) is 9.08. The quantitative estimate of drug-likeness (QED) is 0.636. The maximum Gasteiger partial charge on any atom is 0.220 e. The first kappa shape index (κ1) is 22.2. The van der Waals surface area contributed by atoms with E-state index in [4.69, 9.17) is 5.73 Å². The maximum atomic E-state index is 11.4. The normalized spacial score (nSPS) is 10.8. The molecule has 1 heterocycles. The average molecular weight is 337 g/mol. The van der Waals surface area contributed by atoms with E-state index < -0.39 is 0 Å². The number of carbonyl (C=O) groups is 1. The minimum absolute atomic E-state index is 0. The molecule has 1 rings (SSSR count). The van der Waals surface area contributed by atoms with Crippen LogP contribution < -0.4 is 16.4 Å². The number of pyridine rings is 1. The van der Waals surface area contributed by atoms with E-state index in [2.05, 4.69) is 15.6 Å². The Hall–Kier alpha value is -1.04. The van der Waals surface area contributed by atoms with Crippen LogP contribution in [0, 0.1) is 6.92 Å². The zero-order chi connectivity index (χ0) is 14.1. The first-order valence-electron chi connectivity index (χ1n) is 6.76. The zero-order valence-electron chi connectivity index (χ0n) is 12.6. The van der Waals surface area contributed by atoms with E-state index in [-0.39, 0.29) is 36.8 Å². The molecule has 21 heavy (non-hydrogen) atoms. The second kappa shape index (κ2) is 12.7. The van der Waals surface area contributed by atoms with Gasteiger partial charge in [-0.05, 0) is 38.3 Å². The number of hydrogen-bond donors (Lipinski definition) is 3. The van der Waals surface area contributed by atoms with Gasteiger partial charge in [0, 0.05) is 31.7 Å². The van der Waals surface area contributed by atoms with Crippen molar-refractivity contribution in [1.82, 2.24) is 10.3 Å². The predicted molar refractivity (Wildman–Crippen MR) is 92.5 cm³/mol. The van der Waals surface area contributed by atoms with E-state index in [0.29, 0.717) is 13.0 Å². The molecule has 1 aromatic rings. The Morgan fingerprint density at radius 1 is 1.33 bits per heavy atom. The number of aryl methyl sites for hydroxylation is 1. The van der Waals surface area contributed by atoms with Gasteiger partial charge in [0.1, 0.15) is 5.82 Å². The maximum absolute atomic E-state index is 11.4. The number of anilines is 1. The van der Waals surface area contributed by atoms with Crippen LogP contribution in [0.2, 0.25) is 0 Å². The summed E-state index contributed by atoms with van der Waals surface area (Å²) in [7, 11) is 0. The van der Waals surface area contributed by atoms with Crippen molar-refractivity contribution in [3.63, 3.8) is 0 Å². The molecular formula is C14H26Cl2N4O. The topological polar surface area (TPSA) is 80.0 Å². The van der Waals surface area contributed by atoms with E-state index in [9.17, 15) is 4.79 Å². The summed E-state index contributed by atoms with van der Waals surface area (Å²) >= 11 is 0. The monoisotopic (exact) mass is 336 g/mol. The fourth-order valence-corrected chi connectivity index (χ4v) is 1.55. The van der Waals surface area contributed by atoms with Crippen LogP contribution in [0.15, 0.2) is 18.3 Å². The highest BCUT2D eigenvalue weighted by Crippen LogP contribution is 2.03. The van der Waals surface area contributed by atoms with Crippen molar-refractivity contribution in [2.24, 2.45) is 5.73 Å². The molecule has 122 valence electrons. The molecule has 5 nitrogen and oxygen atoms in total. The molecule has 1 unspecified atom stereocenters. The summed E-state index contributed by atoms with van der Waals surface area (Å²) < 4.78 is 0. The molecule has 4 N–H and O–H groups in total. The molecule has 0 bridgehead atoms. The largest absolute Gasteiger partial charge is 0.370 e. The molecule has 1 amide bonds. The van der Waals surface area contributed by atoms with E-state index in [0.717, 1.165) is 30.8 Å². The lowest BCUT2D eigenvalue weighted by Gasteiger charge is -2.08. The Morgan fingerprint density at radius 2 is 2.05 bits per heavy atom. The number of hydrogen-bond acceptors (Lipinski definition) is 4. The minimum Gasteiger partial charge on any atom is -0.370 e. The summed E-state index contributed by atoms with van der Waals surface area (Å²) in [5, 5.41) is 6.09. The van der Waals surface area contributed by atoms with Crippen LogP contribution in [0.3, 0.4) is 0 Å². The molecule has 0 aliphatic heterocycles. The summed E-state index contributed by atoms with van der Waals surface area (Å²) in [6.45, 7) is 5.39. The molecule has 0 fully saturated rings. The van der Waals surface area contributed by atoms with Crippen LogP contribution in [0.1, 0.15) is 31.7 Å². The van der Waals surface area contributed by atoms with Crippen LogP contribution in [0.4, 0.5) is 5.82 Å². The Morgan fingerprint density at radius 3 is 2.62 bits per heavy atom. The van der Waals surface area contributed by atoms with Gasteiger partial charge in [0.05, 0.1) is 0 Å². The molecular weight excluding hydrogens is 311 g/mol. The van der Waals surface area contributed by atoms with Gasteiger partial charge in [-0.15, -0.1) is 24.8 Å². The SMILES string of the molecule is Cc1ccc(NCCCNC(=O)CCC(C)N)nc1.Cl.Cl. The lowest BCUT2D eigenvalue weighted by atomic mass is 10.2. The number of carbonyl (C=O) groups excluding carboxylic acids is 1. The standard InChI is InChI=1S/C14H24N4O.2ClH/c1-11-4-6-13(18-10-11)16-8-3-9-17-14(19)7-5-12(2)15;;/h4,6,10,12H,3,5,7-9,15H2,1-2H3,(H,16,18)(H,17,19);2*1H. The Balaban J connectivity index is 0.